The highest BCUT2D eigenvalue weighted by atomic mass is 19.1. The highest BCUT2D eigenvalue weighted by Crippen LogP contribution is 2.59. The van der Waals surface area contributed by atoms with Crippen molar-refractivity contribution in [3.8, 4) is 0 Å². The van der Waals surface area contributed by atoms with E-state index in [4.69, 9.17) is 5.73 Å². The maximum absolute atomic E-state index is 13.1. The van der Waals surface area contributed by atoms with Crippen LogP contribution in [0, 0.1) is 23.6 Å². The molecule has 0 saturated heterocycles. The fraction of sp³-hybridized carbons (Fsp3) is 0.571. The minimum Gasteiger partial charge on any atom is -0.324 e. The third kappa shape index (κ3) is 1.65. The summed E-state index contributed by atoms with van der Waals surface area (Å²) in [5.41, 5.74) is 7.23. The second-order valence-corrected chi connectivity index (χ2v) is 5.27. The first-order chi connectivity index (χ1) is 7.77. The summed E-state index contributed by atoms with van der Waals surface area (Å²) in [6.45, 7) is 0. The van der Waals surface area contributed by atoms with Crippen LogP contribution in [-0.2, 0) is 0 Å². The molecule has 1 aromatic carbocycles. The van der Waals surface area contributed by atoms with E-state index in [0.717, 1.165) is 17.4 Å². The van der Waals surface area contributed by atoms with Crippen molar-refractivity contribution in [1.82, 2.24) is 0 Å². The first kappa shape index (κ1) is 10.3. The molecule has 1 aromatic rings. The van der Waals surface area contributed by atoms with E-state index in [2.05, 4.69) is 0 Å². The molecule has 0 aromatic heterocycles. The van der Waals surface area contributed by atoms with Crippen LogP contribution in [0.25, 0.3) is 0 Å². The Labute approximate surface area is 95.8 Å². The Kier molecular flexibility index (Phi) is 2.47. The van der Waals surface area contributed by atoms with Crippen LogP contribution < -0.4 is 5.73 Å². The molecular weight excluding hydrogens is 201 g/mol. The normalized spacial score (nSPS) is 34.2. The Balaban J connectivity index is 1.76. The van der Waals surface area contributed by atoms with Gasteiger partial charge in [-0.2, -0.15) is 0 Å². The predicted molar refractivity (Wildman–Crippen MR) is 62.3 cm³/mol. The molecule has 1 nitrogen and oxygen atoms in total. The van der Waals surface area contributed by atoms with Gasteiger partial charge in [-0.3, -0.25) is 0 Å². The highest BCUT2D eigenvalue weighted by molar-refractivity contribution is 5.23. The van der Waals surface area contributed by atoms with Crippen molar-refractivity contribution < 1.29 is 4.39 Å². The quantitative estimate of drug-likeness (QED) is 0.811. The van der Waals surface area contributed by atoms with Crippen molar-refractivity contribution in [1.29, 1.82) is 0 Å². The van der Waals surface area contributed by atoms with Crippen molar-refractivity contribution in [2.45, 2.75) is 31.7 Å². The van der Waals surface area contributed by atoms with E-state index in [1.165, 1.54) is 31.7 Å². The standard InChI is InChI=1S/C14H18FN/c15-10-5-3-4-9(8-10)14(16)13-11-6-1-2-7-12(11)13/h3-5,8,11-14H,1-2,6-7,16H2. The molecule has 2 fully saturated rings. The lowest BCUT2D eigenvalue weighted by molar-refractivity contribution is 0.480. The third-order valence-electron chi connectivity index (χ3n) is 4.37. The Morgan fingerprint density at radius 1 is 1.19 bits per heavy atom. The molecule has 2 aliphatic carbocycles. The highest BCUT2D eigenvalue weighted by Gasteiger charge is 2.53. The number of hydrogen-bond donors (Lipinski definition) is 1. The van der Waals surface area contributed by atoms with Gasteiger partial charge in [0.25, 0.3) is 0 Å². The Bertz CT molecular complexity index is 378. The largest absolute Gasteiger partial charge is 0.324 e. The van der Waals surface area contributed by atoms with Gasteiger partial charge in [0.1, 0.15) is 5.82 Å². The number of fused-ring (bicyclic) bond motifs is 1. The van der Waals surface area contributed by atoms with Crippen LogP contribution in [0.2, 0.25) is 0 Å². The fourth-order valence-corrected chi connectivity index (χ4v) is 3.52. The molecule has 0 spiro atoms. The van der Waals surface area contributed by atoms with Crippen LogP contribution in [0.4, 0.5) is 4.39 Å². The average Bonchev–Trinajstić information content (AvgIpc) is 3.02. The van der Waals surface area contributed by atoms with Gasteiger partial charge in [-0.05, 0) is 48.3 Å². The fourth-order valence-electron chi connectivity index (χ4n) is 3.52. The molecular formula is C14H18FN. The molecule has 0 aliphatic heterocycles. The van der Waals surface area contributed by atoms with Crippen molar-refractivity contribution in [3.63, 3.8) is 0 Å². The molecule has 0 bridgehead atoms. The lowest BCUT2D eigenvalue weighted by Gasteiger charge is -2.11. The lowest BCUT2D eigenvalue weighted by atomic mass is 10.0. The molecule has 3 unspecified atom stereocenters. The molecule has 2 saturated carbocycles. The second-order valence-electron chi connectivity index (χ2n) is 5.27. The summed E-state index contributed by atoms with van der Waals surface area (Å²) in [5.74, 6) is 2.10. The molecule has 0 radical (unpaired) electrons. The van der Waals surface area contributed by atoms with Gasteiger partial charge in [0.05, 0.1) is 0 Å². The van der Waals surface area contributed by atoms with Gasteiger partial charge in [-0.1, -0.05) is 25.0 Å². The van der Waals surface area contributed by atoms with Gasteiger partial charge in [0, 0.05) is 6.04 Å². The van der Waals surface area contributed by atoms with Gasteiger partial charge >= 0.3 is 0 Å². The number of benzene rings is 1. The summed E-state index contributed by atoms with van der Waals surface area (Å²) in [4.78, 5) is 0. The topological polar surface area (TPSA) is 26.0 Å². The van der Waals surface area contributed by atoms with Crippen LogP contribution in [0.1, 0.15) is 37.3 Å². The van der Waals surface area contributed by atoms with Crippen LogP contribution in [-0.4, -0.2) is 0 Å². The Morgan fingerprint density at radius 2 is 1.88 bits per heavy atom. The molecule has 0 heterocycles. The van der Waals surface area contributed by atoms with E-state index < -0.39 is 0 Å². The Morgan fingerprint density at radius 3 is 2.50 bits per heavy atom. The first-order valence-corrected chi connectivity index (χ1v) is 6.28. The lowest BCUT2D eigenvalue weighted by Crippen LogP contribution is -2.14. The SMILES string of the molecule is NC(c1cccc(F)c1)C1C2CCCCC21. The summed E-state index contributed by atoms with van der Waals surface area (Å²) < 4.78 is 13.1. The van der Waals surface area contributed by atoms with Crippen molar-refractivity contribution in [3.05, 3.63) is 35.6 Å². The number of rotatable bonds is 2. The van der Waals surface area contributed by atoms with Gasteiger partial charge in [0.15, 0.2) is 0 Å². The predicted octanol–water partition coefficient (Wildman–Crippen LogP) is 3.26. The van der Waals surface area contributed by atoms with E-state index in [-0.39, 0.29) is 11.9 Å². The molecule has 16 heavy (non-hydrogen) atoms. The molecule has 0 amide bonds. The molecule has 2 N–H and O–H groups in total. The Hall–Kier alpha value is -0.890. The summed E-state index contributed by atoms with van der Waals surface area (Å²) >= 11 is 0. The zero-order valence-corrected chi connectivity index (χ0v) is 9.40. The van der Waals surface area contributed by atoms with Gasteiger partial charge in [0.2, 0.25) is 0 Å². The maximum Gasteiger partial charge on any atom is 0.123 e. The minimum absolute atomic E-state index is 0.0452. The van der Waals surface area contributed by atoms with Crippen LogP contribution in [0.3, 0.4) is 0 Å². The van der Waals surface area contributed by atoms with Crippen molar-refractivity contribution in [2.75, 3.05) is 0 Å². The van der Waals surface area contributed by atoms with E-state index in [0.29, 0.717) is 5.92 Å². The molecule has 86 valence electrons. The van der Waals surface area contributed by atoms with Gasteiger partial charge < -0.3 is 5.73 Å². The zero-order chi connectivity index (χ0) is 11.1. The van der Waals surface area contributed by atoms with Crippen molar-refractivity contribution >= 4 is 0 Å². The van der Waals surface area contributed by atoms with E-state index in [1.54, 1.807) is 12.1 Å². The molecule has 3 atom stereocenters. The van der Waals surface area contributed by atoms with E-state index in [9.17, 15) is 4.39 Å². The number of halogens is 1. The zero-order valence-electron chi connectivity index (χ0n) is 9.40. The number of nitrogens with two attached hydrogens (primary N) is 1. The van der Waals surface area contributed by atoms with E-state index in [1.807, 2.05) is 6.07 Å². The molecule has 2 aliphatic rings. The third-order valence-corrected chi connectivity index (χ3v) is 4.37. The summed E-state index contributed by atoms with van der Waals surface area (Å²) in [7, 11) is 0. The molecule has 3 rings (SSSR count). The van der Waals surface area contributed by atoms with Gasteiger partial charge in [-0.25, -0.2) is 4.39 Å². The average molecular weight is 219 g/mol. The molecule has 2 heteroatoms. The van der Waals surface area contributed by atoms with E-state index >= 15 is 0 Å². The summed E-state index contributed by atoms with van der Waals surface area (Å²) in [6.07, 6.45) is 5.37. The summed E-state index contributed by atoms with van der Waals surface area (Å²) in [5, 5.41) is 0. The maximum atomic E-state index is 13.1. The summed E-state index contributed by atoms with van der Waals surface area (Å²) in [6, 6.07) is 6.84. The monoisotopic (exact) mass is 219 g/mol. The van der Waals surface area contributed by atoms with Crippen LogP contribution >= 0.6 is 0 Å². The van der Waals surface area contributed by atoms with Crippen LogP contribution in [0.5, 0.6) is 0 Å². The van der Waals surface area contributed by atoms with Crippen LogP contribution in [0.15, 0.2) is 24.3 Å². The van der Waals surface area contributed by atoms with Crippen molar-refractivity contribution in [2.24, 2.45) is 23.5 Å². The smallest absolute Gasteiger partial charge is 0.123 e. The second kappa shape index (κ2) is 3.85. The minimum atomic E-state index is -0.170. The number of hydrogen-bond acceptors (Lipinski definition) is 1. The first-order valence-electron chi connectivity index (χ1n) is 6.28. The van der Waals surface area contributed by atoms with Gasteiger partial charge in [-0.15, -0.1) is 0 Å².